The first-order valence-corrected chi connectivity index (χ1v) is 9.13. The lowest BCUT2D eigenvalue weighted by atomic mass is 10.00. The Kier molecular flexibility index (Phi) is 4.39. The highest BCUT2D eigenvalue weighted by Gasteiger charge is 2.34. The van der Waals surface area contributed by atoms with Gasteiger partial charge in [-0.2, -0.15) is 5.10 Å². The number of imidazole rings is 1. The second-order valence-corrected chi connectivity index (χ2v) is 7.40. The quantitative estimate of drug-likeness (QED) is 0.782. The molecule has 4 heterocycles. The first-order valence-electron chi connectivity index (χ1n) is 9.13. The Labute approximate surface area is 151 Å². The molecule has 1 N–H and O–H groups in total. The lowest BCUT2D eigenvalue weighted by Gasteiger charge is -2.20. The molecule has 4 rings (SSSR count). The Morgan fingerprint density at radius 2 is 2.15 bits per heavy atom. The van der Waals surface area contributed by atoms with E-state index in [1.54, 1.807) is 10.9 Å². The highest BCUT2D eigenvalue weighted by molar-refractivity contribution is 5.76. The lowest BCUT2D eigenvalue weighted by Crippen LogP contribution is -2.43. The first kappa shape index (κ1) is 17.0. The van der Waals surface area contributed by atoms with Gasteiger partial charge in [-0.25, -0.2) is 14.5 Å². The van der Waals surface area contributed by atoms with E-state index in [2.05, 4.69) is 20.3 Å². The van der Waals surface area contributed by atoms with E-state index in [-0.39, 0.29) is 30.1 Å². The van der Waals surface area contributed by atoms with E-state index in [1.807, 2.05) is 24.9 Å². The smallest absolute Gasteiger partial charge is 0.346 e. The number of likely N-dealkylation sites (tertiary alicyclic amines) is 1. The molecule has 2 aromatic heterocycles. The van der Waals surface area contributed by atoms with Gasteiger partial charge in [-0.1, -0.05) is 0 Å². The predicted molar refractivity (Wildman–Crippen MR) is 94.8 cm³/mol. The summed E-state index contributed by atoms with van der Waals surface area (Å²) < 4.78 is 4.99. The number of aromatic nitrogens is 5. The lowest BCUT2D eigenvalue weighted by molar-refractivity contribution is -0.122. The monoisotopic (exact) mass is 359 g/mol. The minimum atomic E-state index is -0.179. The molecule has 0 aromatic carbocycles. The van der Waals surface area contributed by atoms with Gasteiger partial charge in [-0.05, 0) is 19.9 Å². The zero-order chi connectivity index (χ0) is 18.3. The molecular formula is C17H25N7O2. The Bertz CT molecular complexity index is 865. The van der Waals surface area contributed by atoms with Crippen LogP contribution in [0.3, 0.4) is 0 Å². The van der Waals surface area contributed by atoms with Gasteiger partial charge >= 0.3 is 5.69 Å². The molecule has 0 radical (unpaired) electrons. The minimum absolute atomic E-state index is 0.00385. The average molecular weight is 359 g/mol. The van der Waals surface area contributed by atoms with E-state index >= 15 is 0 Å². The largest absolute Gasteiger partial charge is 0.350 e. The summed E-state index contributed by atoms with van der Waals surface area (Å²) in [4.78, 5) is 31.4. The van der Waals surface area contributed by atoms with Crippen molar-refractivity contribution in [3.63, 3.8) is 0 Å². The molecule has 26 heavy (non-hydrogen) atoms. The van der Waals surface area contributed by atoms with Gasteiger partial charge in [0.15, 0.2) is 0 Å². The van der Waals surface area contributed by atoms with E-state index < -0.39 is 0 Å². The molecule has 2 aromatic rings. The summed E-state index contributed by atoms with van der Waals surface area (Å²) in [6.45, 7) is 2.31. The second-order valence-electron chi connectivity index (χ2n) is 7.40. The van der Waals surface area contributed by atoms with Gasteiger partial charge in [0.25, 0.3) is 0 Å². The standard InChI is InChI=1S/C17H25N7O2/c1-21-8-12(14-7-18-11-22(14)2)13(9-21)19-16(25)10-24-17(26)23-6-4-3-5-15(23)20-24/h7,11-13H,3-6,8-10H2,1-2H3,(H,19,25)/t12-,13-/m1/s1. The van der Waals surface area contributed by atoms with Gasteiger partial charge in [-0.3, -0.25) is 9.36 Å². The van der Waals surface area contributed by atoms with Crippen molar-refractivity contribution >= 4 is 5.91 Å². The van der Waals surface area contributed by atoms with Crippen LogP contribution in [-0.2, 0) is 31.4 Å². The molecule has 0 aliphatic carbocycles. The molecule has 2 aliphatic rings. The summed E-state index contributed by atoms with van der Waals surface area (Å²) in [5.41, 5.74) is 0.927. The van der Waals surface area contributed by atoms with Crippen LogP contribution in [0.5, 0.6) is 0 Å². The summed E-state index contributed by atoms with van der Waals surface area (Å²) in [5.74, 6) is 0.806. The summed E-state index contributed by atoms with van der Waals surface area (Å²) in [7, 11) is 4.01. The van der Waals surface area contributed by atoms with Crippen LogP contribution in [0.1, 0.15) is 30.3 Å². The van der Waals surface area contributed by atoms with Crippen LogP contribution in [-0.4, -0.2) is 60.9 Å². The fraction of sp³-hybridized carbons (Fsp3) is 0.647. The van der Waals surface area contributed by atoms with Crippen molar-refractivity contribution in [2.75, 3.05) is 20.1 Å². The van der Waals surface area contributed by atoms with E-state index in [4.69, 9.17) is 0 Å². The van der Waals surface area contributed by atoms with Gasteiger partial charge in [0.05, 0.1) is 12.4 Å². The third kappa shape index (κ3) is 3.07. The van der Waals surface area contributed by atoms with Crippen LogP contribution in [0.15, 0.2) is 17.3 Å². The maximum absolute atomic E-state index is 12.6. The van der Waals surface area contributed by atoms with Gasteiger partial charge in [0, 0.05) is 50.9 Å². The van der Waals surface area contributed by atoms with Crippen LogP contribution < -0.4 is 11.0 Å². The van der Waals surface area contributed by atoms with Crippen molar-refractivity contribution in [1.82, 2.24) is 34.1 Å². The Balaban J connectivity index is 1.47. The zero-order valence-electron chi connectivity index (χ0n) is 15.3. The van der Waals surface area contributed by atoms with Crippen molar-refractivity contribution < 1.29 is 4.79 Å². The number of nitrogens with zero attached hydrogens (tertiary/aromatic N) is 6. The molecule has 0 bridgehead atoms. The Morgan fingerprint density at radius 3 is 2.88 bits per heavy atom. The SMILES string of the molecule is CN1C[C@@H](NC(=O)Cn2nc3n(c2=O)CCCC3)[C@H](c2cncn2C)C1. The number of hydrogen-bond acceptors (Lipinski definition) is 5. The first-order chi connectivity index (χ1) is 12.5. The maximum atomic E-state index is 12.6. The molecule has 1 saturated heterocycles. The van der Waals surface area contributed by atoms with E-state index in [0.717, 1.165) is 43.9 Å². The molecule has 2 aliphatic heterocycles. The fourth-order valence-electron chi connectivity index (χ4n) is 4.11. The number of amides is 1. The van der Waals surface area contributed by atoms with Crippen LogP contribution in [0, 0.1) is 0 Å². The van der Waals surface area contributed by atoms with Crippen LogP contribution in [0.25, 0.3) is 0 Å². The summed E-state index contributed by atoms with van der Waals surface area (Å²) in [6, 6.07) is -0.00385. The number of aryl methyl sites for hydroxylation is 2. The molecule has 140 valence electrons. The third-order valence-electron chi connectivity index (χ3n) is 5.41. The highest BCUT2D eigenvalue weighted by atomic mass is 16.2. The zero-order valence-corrected chi connectivity index (χ0v) is 15.3. The van der Waals surface area contributed by atoms with Crippen molar-refractivity contribution in [1.29, 1.82) is 0 Å². The number of hydrogen-bond donors (Lipinski definition) is 1. The van der Waals surface area contributed by atoms with Crippen LogP contribution in [0.4, 0.5) is 0 Å². The molecule has 1 fully saturated rings. The van der Waals surface area contributed by atoms with E-state index in [0.29, 0.717) is 6.54 Å². The number of likely N-dealkylation sites (N-methyl/N-ethyl adjacent to an activating group) is 1. The molecule has 9 nitrogen and oxygen atoms in total. The minimum Gasteiger partial charge on any atom is -0.350 e. The molecule has 9 heteroatoms. The molecule has 1 amide bonds. The number of nitrogens with one attached hydrogen (secondary N) is 1. The topological polar surface area (TPSA) is 90.0 Å². The normalized spacial score (nSPS) is 23.2. The van der Waals surface area contributed by atoms with Gasteiger partial charge in [0.2, 0.25) is 5.91 Å². The van der Waals surface area contributed by atoms with E-state index in [1.165, 1.54) is 4.68 Å². The van der Waals surface area contributed by atoms with Gasteiger partial charge in [0.1, 0.15) is 12.4 Å². The summed E-state index contributed by atoms with van der Waals surface area (Å²) in [5, 5.41) is 7.44. The molecule has 0 saturated carbocycles. The summed E-state index contributed by atoms with van der Waals surface area (Å²) in [6.07, 6.45) is 6.48. The summed E-state index contributed by atoms with van der Waals surface area (Å²) >= 11 is 0. The molecule has 2 atom stereocenters. The number of fused-ring (bicyclic) bond motifs is 1. The second kappa shape index (κ2) is 6.71. The fourth-order valence-corrected chi connectivity index (χ4v) is 4.11. The maximum Gasteiger partial charge on any atom is 0.346 e. The number of rotatable bonds is 4. The van der Waals surface area contributed by atoms with Crippen molar-refractivity contribution in [3.8, 4) is 0 Å². The Morgan fingerprint density at radius 1 is 1.31 bits per heavy atom. The van der Waals surface area contributed by atoms with Crippen molar-refractivity contribution in [2.45, 2.75) is 44.3 Å². The molecular weight excluding hydrogens is 334 g/mol. The number of carbonyl (C=O) groups is 1. The third-order valence-corrected chi connectivity index (χ3v) is 5.41. The number of carbonyl (C=O) groups excluding carboxylic acids is 1. The molecule has 0 unspecified atom stereocenters. The van der Waals surface area contributed by atoms with E-state index in [9.17, 15) is 9.59 Å². The highest BCUT2D eigenvalue weighted by Crippen LogP contribution is 2.26. The Hall–Kier alpha value is -2.42. The van der Waals surface area contributed by atoms with Gasteiger partial charge in [-0.15, -0.1) is 0 Å². The van der Waals surface area contributed by atoms with Crippen LogP contribution >= 0.6 is 0 Å². The van der Waals surface area contributed by atoms with Crippen LogP contribution in [0.2, 0.25) is 0 Å². The average Bonchev–Trinajstić information content (AvgIpc) is 3.27. The van der Waals surface area contributed by atoms with Crippen molar-refractivity contribution in [3.05, 3.63) is 34.5 Å². The van der Waals surface area contributed by atoms with Crippen molar-refractivity contribution in [2.24, 2.45) is 7.05 Å². The van der Waals surface area contributed by atoms with Gasteiger partial charge < -0.3 is 14.8 Å². The predicted octanol–water partition coefficient (Wildman–Crippen LogP) is -0.671. The molecule has 0 spiro atoms.